The Hall–Kier alpha value is -3.91. The lowest BCUT2D eigenvalue weighted by Crippen LogP contribution is -2.21. The highest BCUT2D eigenvalue weighted by atomic mass is 32.2. The first-order valence-corrected chi connectivity index (χ1v) is 10.9. The molecular formula is C23H19N3O4S. The van der Waals surface area contributed by atoms with Gasteiger partial charge in [0.25, 0.3) is 5.91 Å². The topological polar surface area (TPSA) is 111 Å². The molecule has 0 aliphatic heterocycles. The minimum Gasteiger partial charge on any atom is -0.366 e. The van der Waals surface area contributed by atoms with Crippen LogP contribution in [0.25, 0.3) is 10.9 Å². The number of carbonyl (C=O) groups excluding carboxylic acids is 2. The summed E-state index contributed by atoms with van der Waals surface area (Å²) in [6.45, 7) is -0.141. The zero-order valence-corrected chi connectivity index (χ0v) is 17.2. The number of primary amides is 1. The molecule has 0 radical (unpaired) electrons. The number of nitrogens with zero attached hydrogens (tertiary/aromatic N) is 1. The van der Waals surface area contributed by atoms with Crippen molar-refractivity contribution in [3.05, 3.63) is 90.6 Å². The molecule has 1 aromatic heterocycles. The van der Waals surface area contributed by atoms with Crippen LogP contribution in [0.15, 0.2) is 94.9 Å². The number of nitrogens with one attached hydrogen (secondary N) is 1. The van der Waals surface area contributed by atoms with E-state index in [0.29, 0.717) is 16.6 Å². The van der Waals surface area contributed by atoms with Gasteiger partial charge in [0.1, 0.15) is 6.54 Å². The van der Waals surface area contributed by atoms with Crippen LogP contribution in [0, 0.1) is 0 Å². The molecule has 0 saturated carbocycles. The Morgan fingerprint density at radius 2 is 1.52 bits per heavy atom. The Kier molecular flexibility index (Phi) is 5.31. The molecule has 31 heavy (non-hydrogen) atoms. The SMILES string of the molecule is NC(=O)c1ccccc1NC(=O)Cn1cc(S(=O)(=O)c2ccccc2)c2ccccc21. The Labute approximate surface area is 179 Å². The molecule has 156 valence electrons. The fraction of sp³-hybridized carbons (Fsp3) is 0.0435. The molecule has 4 rings (SSSR count). The van der Waals surface area contributed by atoms with Crippen LogP contribution in [0.2, 0.25) is 0 Å². The van der Waals surface area contributed by atoms with Crippen molar-refractivity contribution in [2.45, 2.75) is 16.3 Å². The summed E-state index contributed by atoms with van der Waals surface area (Å²) in [4.78, 5) is 24.6. The van der Waals surface area contributed by atoms with Gasteiger partial charge in [0.05, 0.1) is 21.0 Å². The van der Waals surface area contributed by atoms with E-state index >= 15 is 0 Å². The van der Waals surface area contributed by atoms with Gasteiger partial charge in [0.2, 0.25) is 15.7 Å². The first-order valence-electron chi connectivity index (χ1n) is 9.44. The van der Waals surface area contributed by atoms with E-state index in [1.165, 1.54) is 24.4 Å². The van der Waals surface area contributed by atoms with E-state index in [4.69, 9.17) is 5.73 Å². The number of anilines is 1. The van der Waals surface area contributed by atoms with Crippen LogP contribution >= 0.6 is 0 Å². The van der Waals surface area contributed by atoms with Crippen molar-refractivity contribution < 1.29 is 18.0 Å². The first kappa shape index (κ1) is 20.4. The van der Waals surface area contributed by atoms with Crippen molar-refractivity contribution in [3.63, 3.8) is 0 Å². The van der Waals surface area contributed by atoms with Gasteiger partial charge in [-0.3, -0.25) is 9.59 Å². The van der Waals surface area contributed by atoms with Crippen LogP contribution in [0.5, 0.6) is 0 Å². The second-order valence-electron chi connectivity index (χ2n) is 6.91. The third-order valence-corrected chi connectivity index (χ3v) is 6.67. The molecule has 2 amide bonds. The highest BCUT2D eigenvalue weighted by molar-refractivity contribution is 7.91. The standard InChI is InChI=1S/C23H19N3O4S/c24-23(28)17-10-4-6-12-19(17)25-22(27)15-26-14-21(18-11-5-7-13-20(18)26)31(29,30)16-8-2-1-3-9-16/h1-14H,15H2,(H2,24,28)(H,25,27). The lowest BCUT2D eigenvalue weighted by molar-refractivity contribution is -0.116. The molecule has 0 spiro atoms. The van der Waals surface area contributed by atoms with Crippen LogP contribution in [0.3, 0.4) is 0 Å². The molecule has 0 aliphatic rings. The second kappa shape index (κ2) is 8.08. The Bertz CT molecular complexity index is 1390. The summed E-state index contributed by atoms with van der Waals surface area (Å²) in [6, 6.07) is 21.6. The van der Waals surface area contributed by atoms with E-state index < -0.39 is 21.7 Å². The van der Waals surface area contributed by atoms with Crippen LogP contribution in [0.4, 0.5) is 5.69 Å². The summed E-state index contributed by atoms with van der Waals surface area (Å²) in [5.74, 6) is -1.07. The molecule has 3 N–H and O–H groups in total. The van der Waals surface area contributed by atoms with Crippen molar-refractivity contribution in [3.8, 4) is 0 Å². The Balaban J connectivity index is 1.70. The predicted octanol–water partition coefficient (Wildman–Crippen LogP) is 3.21. The quantitative estimate of drug-likeness (QED) is 0.486. The zero-order chi connectivity index (χ0) is 22.0. The summed E-state index contributed by atoms with van der Waals surface area (Å²) < 4.78 is 28.0. The van der Waals surface area contributed by atoms with Crippen molar-refractivity contribution in [1.82, 2.24) is 4.57 Å². The van der Waals surface area contributed by atoms with Gasteiger partial charge in [-0.1, -0.05) is 48.5 Å². The number of aromatic nitrogens is 1. The average Bonchev–Trinajstić information content (AvgIpc) is 3.14. The average molecular weight is 433 g/mol. The molecule has 0 fully saturated rings. The van der Waals surface area contributed by atoms with E-state index in [9.17, 15) is 18.0 Å². The third kappa shape index (κ3) is 3.93. The van der Waals surface area contributed by atoms with Gasteiger partial charge in [-0.05, 0) is 30.3 Å². The number of carbonyl (C=O) groups is 2. The molecule has 1 heterocycles. The number of hydrogen-bond acceptors (Lipinski definition) is 4. The van der Waals surface area contributed by atoms with Crippen LogP contribution in [-0.2, 0) is 21.2 Å². The smallest absolute Gasteiger partial charge is 0.250 e. The number of rotatable bonds is 6. The van der Waals surface area contributed by atoms with Gasteiger partial charge < -0.3 is 15.6 Å². The molecule has 8 heteroatoms. The van der Waals surface area contributed by atoms with E-state index in [2.05, 4.69) is 5.32 Å². The van der Waals surface area contributed by atoms with E-state index in [-0.39, 0.29) is 21.9 Å². The van der Waals surface area contributed by atoms with Gasteiger partial charge in [0.15, 0.2) is 0 Å². The molecule has 7 nitrogen and oxygen atoms in total. The number of hydrogen-bond donors (Lipinski definition) is 2. The Morgan fingerprint density at radius 1 is 0.871 bits per heavy atom. The second-order valence-corrected chi connectivity index (χ2v) is 8.83. The molecule has 4 aromatic rings. The maximum Gasteiger partial charge on any atom is 0.250 e. The van der Waals surface area contributed by atoms with Crippen LogP contribution in [0.1, 0.15) is 10.4 Å². The monoisotopic (exact) mass is 433 g/mol. The molecular weight excluding hydrogens is 414 g/mol. The number of para-hydroxylation sites is 2. The molecule has 0 bridgehead atoms. The number of sulfone groups is 1. The summed E-state index contributed by atoms with van der Waals surface area (Å²) in [5.41, 5.74) is 6.46. The molecule has 3 aromatic carbocycles. The fourth-order valence-electron chi connectivity index (χ4n) is 3.44. The van der Waals surface area contributed by atoms with Crippen molar-refractivity contribution in [1.29, 1.82) is 0 Å². The largest absolute Gasteiger partial charge is 0.366 e. The molecule has 0 aliphatic carbocycles. The minimum atomic E-state index is -3.77. The van der Waals surface area contributed by atoms with E-state index in [0.717, 1.165) is 0 Å². The minimum absolute atomic E-state index is 0.125. The molecule has 0 unspecified atom stereocenters. The molecule has 0 atom stereocenters. The summed E-state index contributed by atoms with van der Waals surface area (Å²) in [5, 5.41) is 3.20. The number of benzene rings is 3. The lowest BCUT2D eigenvalue weighted by Gasteiger charge is -2.10. The lowest BCUT2D eigenvalue weighted by atomic mass is 10.1. The maximum absolute atomic E-state index is 13.2. The third-order valence-electron chi connectivity index (χ3n) is 4.88. The Morgan fingerprint density at radius 3 is 2.26 bits per heavy atom. The van der Waals surface area contributed by atoms with Crippen molar-refractivity contribution in [2.75, 3.05) is 5.32 Å². The number of nitrogens with two attached hydrogens (primary N) is 1. The van der Waals surface area contributed by atoms with Crippen molar-refractivity contribution in [2.24, 2.45) is 5.73 Å². The number of amides is 2. The maximum atomic E-state index is 13.2. The normalized spacial score (nSPS) is 11.4. The van der Waals surface area contributed by atoms with Gasteiger partial charge in [-0.15, -0.1) is 0 Å². The highest BCUT2D eigenvalue weighted by Gasteiger charge is 2.23. The van der Waals surface area contributed by atoms with Gasteiger partial charge >= 0.3 is 0 Å². The van der Waals surface area contributed by atoms with Crippen LogP contribution < -0.4 is 11.1 Å². The highest BCUT2D eigenvalue weighted by Crippen LogP contribution is 2.30. The van der Waals surface area contributed by atoms with Crippen LogP contribution in [-0.4, -0.2) is 24.8 Å². The zero-order valence-electron chi connectivity index (χ0n) is 16.4. The van der Waals surface area contributed by atoms with Crippen molar-refractivity contribution >= 4 is 38.2 Å². The molecule has 0 saturated heterocycles. The predicted molar refractivity (Wildman–Crippen MR) is 117 cm³/mol. The first-order chi connectivity index (χ1) is 14.9. The van der Waals surface area contributed by atoms with E-state index in [1.54, 1.807) is 65.2 Å². The summed E-state index contributed by atoms with van der Waals surface area (Å²) in [7, 11) is -3.77. The summed E-state index contributed by atoms with van der Waals surface area (Å²) >= 11 is 0. The van der Waals surface area contributed by atoms with Gasteiger partial charge in [-0.25, -0.2) is 8.42 Å². The van der Waals surface area contributed by atoms with Gasteiger partial charge in [-0.2, -0.15) is 0 Å². The van der Waals surface area contributed by atoms with E-state index in [1.807, 2.05) is 0 Å². The summed E-state index contributed by atoms with van der Waals surface area (Å²) in [6.07, 6.45) is 1.46. The number of fused-ring (bicyclic) bond motifs is 1. The van der Waals surface area contributed by atoms with Gasteiger partial charge in [0, 0.05) is 17.1 Å². The fourth-order valence-corrected chi connectivity index (χ4v) is 4.93.